The summed E-state index contributed by atoms with van der Waals surface area (Å²) < 4.78 is 28.3. The smallest absolute Gasteiger partial charge is 0.240 e. The average Bonchev–Trinajstić information content (AvgIpc) is 2.69. The van der Waals surface area contributed by atoms with Crippen LogP contribution in [-0.2, 0) is 10.0 Å². The van der Waals surface area contributed by atoms with E-state index >= 15 is 0 Å². The van der Waals surface area contributed by atoms with E-state index in [1.165, 1.54) is 0 Å². The van der Waals surface area contributed by atoms with E-state index in [2.05, 4.69) is 4.72 Å². The highest BCUT2D eigenvalue weighted by Gasteiger charge is 2.31. The van der Waals surface area contributed by atoms with Crippen LogP contribution in [0.25, 0.3) is 0 Å². The number of benzene rings is 3. The molecule has 0 aromatic heterocycles. The maximum absolute atomic E-state index is 13.2. The molecule has 0 bridgehead atoms. The first-order chi connectivity index (χ1) is 13.4. The van der Waals surface area contributed by atoms with E-state index in [9.17, 15) is 13.2 Å². The number of carbonyl (C=O) groups excluding carboxylic acids is 1. The highest BCUT2D eigenvalue weighted by atomic mass is 32.2. The van der Waals surface area contributed by atoms with Gasteiger partial charge in [-0.2, -0.15) is 0 Å². The summed E-state index contributed by atoms with van der Waals surface area (Å²) in [5.74, 6) is -0.755. The third kappa shape index (κ3) is 4.55. The molecule has 5 heteroatoms. The fourth-order valence-electron chi connectivity index (χ4n) is 3.21. The first kappa shape index (κ1) is 20.0. The van der Waals surface area contributed by atoms with Crippen molar-refractivity contribution in [3.63, 3.8) is 0 Å². The number of Topliss-reactive ketones (excluding diaryl/α,β-unsaturated/α-hetero) is 1. The van der Waals surface area contributed by atoms with Crippen LogP contribution >= 0.6 is 0 Å². The second-order valence-electron chi connectivity index (χ2n) is 6.84. The van der Waals surface area contributed by atoms with Crippen LogP contribution in [0.15, 0.2) is 89.8 Å². The van der Waals surface area contributed by atoms with Crippen molar-refractivity contribution in [3.8, 4) is 0 Å². The van der Waals surface area contributed by atoms with Gasteiger partial charge in [-0.15, -0.1) is 0 Å². The Morgan fingerprint density at radius 1 is 0.821 bits per heavy atom. The van der Waals surface area contributed by atoms with Gasteiger partial charge in [0.05, 0.1) is 10.8 Å². The molecule has 1 N–H and O–H groups in total. The molecule has 28 heavy (non-hydrogen) atoms. The number of carbonyl (C=O) groups is 1. The predicted molar refractivity (Wildman–Crippen MR) is 111 cm³/mol. The first-order valence-corrected chi connectivity index (χ1v) is 10.6. The van der Waals surface area contributed by atoms with Crippen LogP contribution in [0.1, 0.15) is 34.3 Å². The summed E-state index contributed by atoms with van der Waals surface area (Å²) in [6, 6.07) is 24.2. The lowest BCUT2D eigenvalue weighted by molar-refractivity contribution is 0.0947. The molecule has 0 amide bonds. The van der Waals surface area contributed by atoms with Gasteiger partial charge in [0.1, 0.15) is 0 Å². The Morgan fingerprint density at radius 2 is 1.36 bits per heavy atom. The maximum atomic E-state index is 13.2. The number of nitrogens with one attached hydrogen (secondary N) is 1. The Labute approximate surface area is 166 Å². The van der Waals surface area contributed by atoms with Gasteiger partial charge in [-0.1, -0.05) is 78.4 Å². The van der Waals surface area contributed by atoms with Crippen molar-refractivity contribution in [2.75, 3.05) is 0 Å². The van der Waals surface area contributed by atoms with E-state index in [-0.39, 0.29) is 10.7 Å². The average molecular weight is 394 g/mol. The topological polar surface area (TPSA) is 63.2 Å². The van der Waals surface area contributed by atoms with Gasteiger partial charge in [-0.25, -0.2) is 13.1 Å². The minimum absolute atomic E-state index is 0.120. The summed E-state index contributed by atoms with van der Waals surface area (Å²) >= 11 is 0. The van der Waals surface area contributed by atoms with Crippen molar-refractivity contribution in [1.82, 2.24) is 4.72 Å². The lowest BCUT2D eigenvalue weighted by Gasteiger charge is -2.24. The van der Waals surface area contributed by atoms with Crippen LogP contribution in [0.4, 0.5) is 0 Å². The van der Waals surface area contributed by atoms with Crippen LogP contribution in [-0.4, -0.2) is 20.2 Å². The van der Waals surface area contributed by atoms with Gasteiger partial charge in [-0.3, -0.25) is 4.79 Å². The van der Waals surface area contributed by atoms with Crippen LogP contribution in [0.3, 0.4) is 0 Å². The van der Waals surface area contributed by atoms with Crippen LogP contribution in [0.2, 0.25) is 0 Å². The zero-order valence-electron chi connectivity index (χ0n) is 15.9. The molecule has 3 aromatic rings. The van der Waals surface area contributed by atoms with Crippen molar-refractivity contribution in [2.45, 2.75) is 30.7 Å². The van der Waals surface area contributed by atoms with Crippen molar-refractivity contribution in [3.05, 3.63) is 102 Å². The van der Waals surface area contributed by atoms with Crippen molar-refractivity contribution >= 4 is 15.8 Å². The Balaban J connectivity index is 1.94. The van der Waals surface area contributed by atoms with Gasteiger partial charge >= 0.3 is 0 Å². The first-order valence-electron chi connectivity index (χ1n) is 9.12. The number of rotatable bonds is 7. The molecule has 4 nitrogen and oxygen atoms in total. The molecule has 0 aliphatic heterocycles. The zero-order chi connectivity index (χ0) is 20.1. The lowest BCUT2D eigenvalue weighted by atomic mass is 9.86. The van der Waals surface area contributed by atoms with E-state index in [1.54, 1.807) is 55.5 Å². The fourth-order valence-corrected chi connectivity index (χ4v) is 4.46. The molecule has 0 unspecified atom stereocenters. The number of hydrogen-bond donors (Lipinski definition) is 1. The summed E-state index contributed by atoms with van der Waals surface area (Å²) in [5.41, 5.74) is 2.31. The molecule has 0 heterocycles. The maximum Gasteiger partial charge on any atom is 0.240 e. The monoisotopic (exact) mass is 393 g/mol. The van der Waals surface area contributed by atoms with Crippen molar-refractivity contribution in [1.29, 1.82) is 0 Å². The Hall–Kier alpha value is -2.76. The molecule has 0 fully saturated rings. The highest BCUT2D eigenvalue weighted by molar-refractivity contribution is 7.89. The molecule has 3 rings (SSSR count). The molecule has 2 atom stereocenters. The summed E-state index contributed by atoms with van der Waals surface area (Å²) in [6.07, 6.45) is 0. The molecular weight excluding hydrogens is 370 g/mol. The van der Waals surface area contributed by atoms with E-state index < -0.39 is 22.0 Å². The van der Waals surface area contributed by atoms with E-state index in [0.29, 0.717) is 5.56 Å². The fraction of sp³-hybridized carbons (Fsp3) is 0.174. The summed E-state index contributed by atoms with van der Waals surface area (Å²) in [7, 11) is -3.75. The summed E-state index contributed by atoms with van der Waals surface area (Å²) in [6.45, 7) is 3.63. The van der Waals surface area contributed by atoms with Gasteiger partial charge < -0.3 is 0 Å². The summed E-state index contributed by atoms with van der Waals surface area (Å²) in [4.78, 5) is 13.4. The lowest BCUT2D eigenvalue weighted by Crippen LogP contribution is -2.40. The molecule has 0 saturated heterocycles. The normalized spacial score (nSPS) is 13.6. The molecule has 0 spiro atoms. The van der Waals surface area contributed by atoms with Crippen LogP contribution in [0, 0.1) is 6.92 Å². The number of hydrogen-bond acceptors (Lipinski definition) is 3. The van der Waals surface area contributed by atoms with Gasteiger partial charge in [0, 0.05) is 11.6 Å². The third-order valence-electron chi connectivity index (χ3n) is 4.67. The Morgan fingerprint density at radius 3 is 1.93 bits per heavy atom. The van der Waals surface area contributed by atoms with Gasteiger partial charge in [0.25, 0.3) is 0 Å². The van der Waals surface area contributed by atoms with Gasteiger partial charge in [-0.05, 0) is 31.5 Å². The van der Waals surface area contributed by atoms with Crippen molar-refractivity contribution in [2.24, 2.45) is 0 Å². The minimum Gasteiger partial charge on any atom is -0.293 e. The molecule has 0 aliphatic carbocycles. The molecule has 144 valence electrons. The standard InChI is InChI=1S/C23H23NO3S/c1-17-13-15-21(16-14-17)28(26,27)24-18(2)22(19-9-5-3-6-10-19)23(25)20-11-7-4-8-12-20/h3-16,18,22,24H,1-2H3/t18-,22-/m0/s1. The zero-order valence-corrected chi connectivity index (χ0v) is 16.7. The van der Waals surface area contributed by atoms with Crippen LogP contribution < -0.4 is 4.72 Å². The molecule has 0 saturated carbocycles. The third-order valence-corrected chi connectivity index (χ3v) is 6.25. The number of sulfonamides is 1. The van der Waals surface area contributed by atoms with E-state index in [4.69, 9.17) is 0 Å². The second-order valence-corrected chi connectivity index (χ2v) is 8.56. The minimum atomic E-state index is -3.75. The van der Waals surface area contributed by atoms with Gasteiger partial charge in [0.2, 0.25) is 10.0 Å². The highest BCUT2D eigenvalue weighted by Crippen LogP contribution is 2.26. The quantitative estimate of drug-likeness (QED) is 0.608. The second kappa shape index (κ2) is 8.50. The summed E-state index contributed by atoms with van der Waals surface area (Å²) in [5, 5.41) is 0. The SMILES string of the molecule is Cc1ccc(S(=O)(=O)N[C@@H](C)[C@H](C(=O)c2ccccc2)c2ccccc2)cc1. The molecule has 3 aromatic carbocycles. The Bertz CT molecular complexity index is 1030. The number of aryl methyl sites for hydroxylation is 1. The molecule has 0 aliphatic rings. The van der Waals surface area contributed by atoms with E-state index in [0.717, 1.165) is 11.1 Å². The molecule has 0 radical (unpaired) electrons. The van der Waals surface area contributed by atoms with Crippen LogP contribution in [0.5, 0.6) is 0 Å². The van der Waals surface area contributed by atoms with E-state index in [1.807, 2.05) is 43.3 Å². The van der Waals surface area contributed by atoms with Gasteiger partial charge in [0.15, 0.2) is 5.78 Å². The predicted octanol–water partition coefficient (Wildman–Crippen LogP) is 4.33. The van der Waals surface area contributed by atoms with Crippen molar-refractivity contribution < 1.29 is 13.2 Å². The largest absolute Gasteiger partial charge is 0.293 e. The number of ketones is 1. The molecular formula is C23H23NO3S. The Kier molecular flexibility index (Phi) is 6.07.